The van der Waals surface area contributed by atoms with Gasteiger partial charge in [0.1, 0.15) is 11.5 Å². The number of phenolic OH excluding ortho intramolecular Hbond substituents is 1. The molecule has 6 heteroatoms. The van der Waals surface area contributed by atoms with E-state index in [9.17, 15) is 5.11 Å². The summed E-state index contributed by atoms with van der Waals surface area (Å²) < 4.78 is 0. The van der Waals surface area contributed by atoms with Crippen molar-refractivity contribution in [3.8, 4) is 28.3 Å². The van der Waals surface area contributed by atoms with E-state index in [0.29, 0.717) is 16.4 Å². The number of aromatic nitrogens is 2. The normalized spacial score (nSPS) is 11.4. The van der Waals surface area contributed by atoms with Crippen molar-refractivity contribution >= 4 is 17.3 Å². The number of benzene rings is 3. The third-order valence-electron chi connectivity index (χ3n) is 4.42. The zero-order valence-corrected chi connectivity index (χ0v) is 16.1. The molecule has 0 bridgehead atoms. The Kier molecular flexibility index (Phi) is 5.22. The molecule has 0 spiro atoms. The summed E-state index contributed by atoms with van der Waals surface area (Å²) in [5.74, 6) is 5.98. The van der Waals surface area contributed by atoms with Gasteiger partial charge >= 0.3 is 0 Å². The molecule has 142 valence electrons. The molecule has 3 N–H and O–H groups in total. The fourth-order valence-corrected chi connectivity index (χ4v) is 3.18. The highest BCUT2D eigenvalue weighted by atomic mass is 35.5. The molecule has 3 aromatic carbocycles. The molecule has 1 heterocycles. The van der Waals surface area contributed by atoms with Gasteiger partial charge in [-0.3, -0.25) is 0 Å². The number of nitrogens with two attached hydrogens (primary N) is 1. The van der Waals surface area contributed by atoms with E-state index in [2.05, 4.69) is 15.1 Å². The molecule has 5 nitrogen and oxygen atoms in total. The highest BCUT2D eigenvalue weighted by Gasteiger charge is 2.18. The van der Waals surface area contributed by atoms with Crippen LogP contribution in [0, 0.1) is 0 Å². The Morgan fingerprint density at radius 2 is 1.34 bits per heavy atom. The van der Waals surface area contributed by atoms with Crippen LogP contribution < -0.4 is 5.84 Å². The molecule has 0 unspecified atom stereocenters. The number of halogens is 1. The van der Waals surface area contributed by atoms with E-state index in [1.807, 2.05) is 66.7 Å². The van der Waals surface area contributed by atoms with Gasteiger partial charge in [-0.05, 0) is 24.3 Å². The van der Waals surface area contributed by atoms with E-state index in [1.165, 1.54) is 6.07 Å². The van der Waals surface area contributed by atoms with Crippen LogP contribution in [0.3, 0.4) is 0 Å². The van der Waals surface area contributed by atoms with Crippen molar-refractivity contribution in [1.29, 1.82) is 0 Å². The number of phenols is 1. The van der Waals surface area contributed by atoms with Crippen molar-refractivity contribution in [3.05, 3.63) is 101 Å². The van der Waals surface area contributed by atoms with Crippen LogP contribution in [0.25, 0.3) is 22.5 Å². The van der Waals surface area contributed by atoms with Gasteiger partial charge in [0, 0.05) is 21.7 Å². The van der Waals surface area contributed by atoms with Crippen LogP contribution in [0.2, 0.25) is 5.02 Å². The number of rotatable bonds is 4. The Labute approximate surface area is 173 Å². The Hall–Kier alpha value is -3.70. The lowest BCUT2D eigenvalue weighted by Crippen LogP contribution is -2.13. The van der Waals surface area contributed by atoms with E-state index in [4.69, 9.17) is 17.4 Å². The Morgan fingerprint density at radius 1 is 0.793 bits per heavy atom. The van der Waals surface area contributed by atoms with Gasteiger partial charge in [-0.15, -0.1) is 0 Å². The third kappa shape index (κ3) is 3.95. The highest BCUT2D eigenvalue weighted by molar-refractivity contribution is 6.31. The maximum absolute atomic E-state index is 10.3. The molecule has 0 saturated heterocycles. The van der Waals surface area contributed by atoms with Gasteiger partial charge in [0.2, 0.25) is 0 Å². The number of nitrogens with zero attached hydrogens (tertiary/aromatic N) is 3. The predicted octanol–water partition coefficient (Wildman–Crippen LogP) is 4.88. The molecule has 0 amide bonds. The van der Waals surface area contributed by atoms with Crippen LogP contribution in [0.1, 0.15) is 11.4 Å². The minimum Gasteiger partial charge on any atom is -0.507 e. The molecule has 0 aliphatic carbocycles. The monoisotopic (exact) mass is 400 g/mol. The Morgan fingerprint density at radius 3 is 1.86 bits per heavy atom. The third-order valence-corrected chi connectivity index (χ3v) is 4.65. The summed E-state index contributed by atoms with van der Waals surface area (Å²) in [5, 5.41) is 14.6. The largest absolute Gasteiger partial charge is 0.507 e. The second kappa shape index (κ2) is 8.12. The topological polar surface area (TPSA) is 84.4 Å². The van der Waals surface area contributed by atoms with Crippen molar-refractivity contribution in [1.82, 2.24) is 9.97 Å². The van der Waals surface area contributed by atoms with Crippen LogP contribution in [-0.4, -0.2) is 20.8 Å². The molecular formula is C23H17ClN4O. The van der Waals surface area contributed by atoms with Gasteiger partial charge in [0.15, 0.2) is 5.82 Å². The second-order valence-corrected chi connectivity index (χ2v) is 6.77. The van der Waals surface area contributed by atoms with Crippen molar-refractivity contribution < 1.29 is 5.11 Å². The number of hydrogen-bond acceptors (Lipinski definition) is 5. The standard InChI is InChI=1S/C23H17ClN4O/c24-17-11-12-21(29)18(13-17)22(28-25)23-26-19(15-7-3-1-4-8-15)14-20(27-23)16-9-5-2-6-10-16/h1-14,29H,25H2/b28-22+. The van der Waals surface area contributed by atoms with E-state index in [-0.39, 0.29) is 11.5 Å². The van der Waals surface area contributed by atoms with Gasteiger partial charge in [-0.2, -0.15) is 5.10 Å². The lowest BCUT2D eigenvalue weighted by molar-refractivity contribution is 0.474. The van der Waals surface area contributed by atoms with Crippen LogP contribution in [0.5, 0.6) is 5.75 Å². The summed E-state index contributed by atoms with van der Waals surface area (Å²) in [6, 6.07) is 26.1. The number of hydrazone groups is 1. The minimum absolute atomic E-state index is 0.00595. The summed E-state index contributed by atoms with van der Waals surface area (Å²) in [5.41, 5.74) is 3.92. The Bertz CT molecular complexity index is 1120. The lowest BCUT2D eigenvalue weighted by Gasteiger charge is -2.11. The fraction of sp³-hybridized carbons (Fsp3) is 0. The van der Waals surface area contributed by atoms with E-state index in [0.717, 1.165) is 22.5 Å². The SMILES string of the molecule is N/N=C(/c1nc(-c2ccccc2)cc(-c2ccccc2)n1)c1cc(Cl)ccc1O. The van der Waals surface area contributed by atoms with Gasteiger partial charge < -0.3 is 10.9 Å². The maximum Gasteiger partial charge on any atom is 0.181 e. The van der Waals surface area contributed by atoms with Crippen molar-refractivity contribution in [2.75, 3.05) is 0 Å². The van der Waals surface area contributed by atoms with Crippen LogP contribution in [-0.2, 0) is 0 Å². The van der Waals surface area contributed by atoms with Crippen molar-refractivity contribution in [2.24, 2.45) is 10.9 Å². The average molecular weight is 401 g/mol. The molecule has 1 aromatic heterocycles. The molecular weight excluding hydrogens is 384 g/mol. The molecule has 29 heavy (non-hydrogen) atoms. The number of aromatic hydroxyl groups is 1. The molecule has 0 saturated carbocycles. The van der Waals surface area contributed by atoms with Crippen molar-refractivity contribution in [2.45, 2.75) is 0 Å². The Balaban J connectivity index is 1.93. The second-order valence-electron chi connectivity index (χ2n) is 6.33. The summed E-state index contributed by atoms with van der Waals surface area (Å²) >= 11 is 6.11. The smallest absolute Gasteiger partial charge is 0.181 e. The quantitative estimate of drug-likeness (QED) is 0.290. The fourth-order valence-electron chi connectivity index (χ4n) is 3.01. The van der Waals surface area contributed by atoms with E-state index in [1.54, 1.807) is 12.1 Å². The summed E-state index contributed by atoms with van der Waals surface area (Å²) in [6.45, 7) is 0. The van der Waals surface area contributed by atoms with Gasteiger partial charge in [-0.25, -0.2) is 9.97 Å². The summed E-state index contributed by atoms with van der Waals surface area (Å²) in [4.78, 5) is 9.34. The zero-order valence-electron chi connectivity index (χ0n) is 15.3. The minimum atomic E-state index is -0.00595. The maximum atomic E-state index is 10.3. The average Bonchev–Trinajstić information content (AvgIpc) is 2.78. The van der Waals surface area contributed by atoms with Crippen LogP contribution in [0.4, 0.5) is 0 Å². The molecule has 0 radical (unpaired) electrons. The molecule has 0 fully saturated rings. The summed E-state index contributed by atoms with van der Waals surface area (Å²) in [7, 11) is 0. The predicted molar refractivity (Wildman–Crippen MR) is 116 cm³/mol. The molecule has 0 atom stereocenters. The first-order valence-electron chi connectivity index (χ1n) is 8.93. The molecule has 0 aliphatic heterocycles. The number of hydrogen-bond donors (Lipinski definition) is 2. The molecule has 4 rings (SSSR count). The zero-order chi connectivity index (χ0) is 20.2. The van der Waals surface area contributed by atoms with Crippen LogP contribution in [0.15, 0.2) is 90.0 Å². The first-order valence-corrected chi connectivity index (χ1v) is 9.30. The van der Waals surface area contributed by atoms with E-state index < -0.39 is 0 Å². The van der Waals surface area contributed by atoms with Crippen molar-refractivity contribution in [3.63, 3.8) is 0 Å². The van der Waals surface area contributed by atoms with Gasteiger partial charge in [0.25, 0.3) is 0 Å². The first kappa shape index (κ1) is 18.7. The van der Waals surface area contributed by atoms with Gasteiger partial charge in [0.05, 0.1) is 11.4 Å². The highest BCUT2D eigenvalue weighted by Crippen LogP contribution is 2.27. The van der Waals surface area contributed by atoms with Gasteiger partial charge in [-0.1, -0.05) is 72.3 Å². The molecule has 0 aliphatic rings. The first-order chi connectivity index (χ1) is 14.2. The lowest BCUT2D eigenvalue weighted by atomic mass is 10.0. The molecule has 4 aromatic rings. The summed E-state index contributed by atoms with van der Waals surface area (Å²) in [6.07, 6.45) is 0. The van der Waals surface area contributed by atoms with Crippen LogP contribution >= 0.6 is 11.6 Å². The van der Waals surface area contributed by atoms with E-state index >= 15 is 0 Å².